The van der Waals surface area contributed by atoms with Crippen LogP contribution in [0.1, 0.15) is 162 Å². The molecule has 2 aliphatic heterocycles. The minimum Gasteiger partial charge on any atom is -0.484 e. The van der Waals surface area contributed by atoms with Crippen molar-refractivity contribution in [1.29, 1.82) is 0 Å². The van der Waals surface area contributed by atoms with E-state index in [2.05, 4.69) is 41.5 Å². The molecule has 2 fully saturated rings. The zero-order valence-corrected chi connectivity index (χ0v) is 59.5. The highest BCUT2D eigenvalue weighted by atomic mass is 32.1. The summed E-state index contributed by atoms with van der Waals surface area (Å²) in [4.78, 5) is 157. The number of amides is 7. The number of carbonyl (C=O) groups excluding carboxylic acids is 7. The lowest BCUT2D eigenvalue weighted by atomic mass is 9.86. The minimum atomic E-state index is -1.45. The third kappa shape index (κ3) is 16.9. The standard InChI is InChI=1S/C68H68N14O14S6/c1-32-48(83)25-82-55(32)66-79-47(31-101-66)63-75-43(27-98-63)53-39(20-21-40(72-53)62-77-44(29-99-62)57(89)71-37-16-14-36(15-17-37)68(94)95)61-76-45(28-97-61)58(90)73-41(24-49(69)84)64-81-52(33(2)102-64)60(92)80-54(56(88)35-9-5-3-6-10-35)65-78-46(30-100-65)59(91)74-42(67(82)93)23-34-12-18-38(19-13-34)96-26-50(85)70-22-8-4-7-11-51(86)87/h3,5-6,9-10,12-13,18-21,27-32,36-37,41-42,48,54-56,83,88H,4,7-8,11,14-17,22-26H2,1-2H3,(H2,69,84)(H,70,85)(H,71,89)(H,73,90)(H,74,91)(H,80,92)(H,86,87)(H,94,95)/t32-,36?,37?,41-,42-,48-,54-,55-,56+/m0/s1. The number of aliphatic hydroxyl groups excluding tert-OH is 2. The molecule has 7 aromatic heterocycles. The predicted molar refractivity (Wildman–Crippen MR) is 380 cm³/mol. The highest BCUT2D eigenvalue weighted by molar-refractivity contribution is 7.15. The second kappa shape index (κ2) is 32.1. The molecule has 2 aromatic carbocycles. The van der Waals surface area contributed by atoms with Crippen molar-refractivity contribution in [2.45, 2.75) is 120 Å². The summed E-state index contributed by atoms with van der Waals surface area (Å²) in [5, 5.41) is 66.6. The van der Waals surface area contributed by atoms with E-state index in [0.717, 1.165) is 34.0 Å². The van der Waals surface area contributed by atoms with Crippen molar-refractivity contribution in [3.63, 3.8) is 0 Å². The van der Waals surface area contributed by atoms with E-state index in [4.69, 9.17) is 35.5 Å². The topological polar surface area (TPSA) is 423 Å². The van der Waals surface area contributed by atoms with Crippen LogP contribution in [0.2, 0.25) is 0 Å². The van der Waals surface area contributed by atoms with E-state index < -0.39 is 102 Å². The summed E-state index contributed by atoms with van der Waals surface area (Å²) >= 11 is 6.80. The van der Waals surface area contributed by atoms with Crippen molar-refractivity contribution in [2.24, 2.45) is 17.6 Å². The van der Waals surface area contributed by atoms with Gasteiger partial charge in [-0.3, -0.25) is 43.2 Å². The number of benzene rings is 2. The zero-order valence-electron chi connectivity index (χ0n) is 54.6. The number of carboxylic acid groups (broad SMARTS) is 2. The number of hydrogen-bond donors (Lipinski definition) is 10. The van der Waals surface area contributed by atoms with Gasteiger partial charge in [0.2, 0.25) is 11.8 Å². The molecule has 530 valence electrons. The molecule has 12 rings (SSSR count). The van der Waals surface area contributed by atoms with Crippen LogP contribution in [0.5, 0.6) is 5.75 Å². The predicted octanol–water partition coefficient (Wildman–Crippen LogP) is 8.10. The molecule has 10 bridgehead atoms. The van der Waals surface area contributed by atoms with E-state index in [9.17, 15) is 53.7 Å². The van der Waals surface area contributed by atoms with Crippen LogP contribution in [-0.2, 0) is 30.4 Å². The molecule has 1 saturated heterocycles. The third-order valence-corrected chi connectivity index (χ3v) is 23.1. The lowest BCUT2D eigenvalue weighted by Gasteiger charge is -2.29. The molecule has 3 aliphatic rings. The monoisotopic (exact) mass is 1500 g/mol. The van der Waals surface area contributed by atoms with Crippen LogP contribution in [0, 0.1) is 18.8 Å². The summed E-state index contributed by atoms with van der Waals surface area (Å²) in [6.07, 6.45) is 0.667. The number of carbonyl (C=O) groups is 9. The maximum absolute atomic E-state index is 15.5. The Morgan fingerprint density at radius 2 is 1.34 bits per heavy atom. The van der Waals surface area contributed by atoms with Crippen molar-refractivity contribution in [2.75, 3.05) is 19.7 Å². The fourth-order valence-electron chi connectivity index (χ4n) is 12.1. The van der Waals surface area contributed by atoms with Gasteiger partial charge in [-0.1, -0.05) is 55.8 Å². The molecule has 1 saturated carbocycles. The van der Waals surface area contributed by atoms with Gasteiger partial charge in [-0.25, -0.2) is 34.9 Å². The Hall–Kier alpha value is -9.68. The number of primary amides is 1. The van der Waals surface area contributed by atoms with E-state index in [1.165, 1.54) is 49.7 Å². The number of aryl methyl sites for hydroxylation is 1. The van der Waals surface area contributed by atoms with Gasteiger partial charge >= 0.3 is 11.9 Å². The first-order chi connectivity index (χ1) is 49.1. The first-order valence-corrected chi connectivity index (χ1v) is 37.8. The maximum atomic E-state index is 15.5. The Labute approximate surface area is 606 Å². The molecule has 0 unspecified atom stereocenters. The smallest absolute Gasteiger partial charge is 0.306 e. The van der Waals surface area contributed by atoms with Gasteiger partial charge in [-0.05, 0) is 80.8 Å². The van der Waals surface area contributed by atoms with Crippen LogP contribution in [0.3, 0.4) is 0 Å². The quantitative estimate of drug-likeness (QED) is 0.0342. The Morgan fingerprint density at radius 3 is 2.09 bits per heavy atom. The van der Waals surface area contributed by atoms with Crippen molar-refractivity contribution in [3.8, 4) is 49.1 Å². The number of thiazole rings is 6. The SMILES string of the molecule is Cc1sc2nc1C(=O)N[C@@H]([C@H](O)c1ccccc1)c1nc(cs1)C(=O)N[C@@H](Cc1ccc(OCC(=O)NCCCCCC(=O)O)cc1)C(=O)N1C[C@H](O)[C@H](C)[C@H]1c1nc(cs1)-c1nc(cs1)-c1nc(-c3nc(C(=O)NC4CCC(C(=O)O)CC4)cs3)ccc1-c1nc(cs1)C(=O)N[C@H]2CC(N)=O. The lowest BCUT2D eigenvalue weighted by molar-refractivity contribution is -0.143. The van der Waals surface area contributed by atoms with Crippen LogP contribution in [-0.4, -0.2) is 151 Å². The van der Waals surface area contributed by atoms with Crippen LogP contribution in [0.25, 0.3) is 43.4 Å². The first-order valence-electron chi connectivity index (χ1n) is 32.5. The zero-order chi connectivity index (χ0) is 71.9. The van der Waals surface area contributed by atoms with Gasteiger partial charge < -0.3 is 62.4 Å². The summed E-state index contributed by atoms with van der Waals surface area (Å²) in [5.74, 6) is -6.86. The number of aliphatic hydroxyl groups is 2. The Balaban J connectivity index is 0.893. The number of aliphatic carboxylic acids is 2. The molecular weight excluding hydrogens is 1430 g/mol. The summed E-state index contributed by atoms with van der Waals surface area (Å²) in [6.45, 7) is 3.32. The number of ether oxygens (including phenoxy) is 1. The van der Waals surface area contributed by atoms with Gasteiger partial charge in [0.25, 0.3) is 29.5 Å². The Morgan fingerprint density at radius 1 is 0.676 bits per heavy atom. The summed E-state index contributed by atoms with van der Waals surface area (Å²) in [6, 6.07) is 13.7. The molecule has 7 atom stereocenters. The van der Waals surface area contributed by atoms with Crippen molar-refractivity contribution in [1.82, 2.24) is 66.4 Å². The number of carboxylic acids is 2. The van der Waals surface area contributed by atoms with E-state index >= 15 is 4.79 Å². The molecule has 28 nitrogen and oxygen atoms in total. The van der Waals surface area contributed by atoms with Crippen molar-refractivity contribution < 1.29 is 68.3 Å². The van der Waals surface area contributed by atoms with Crippen LogP contribution in [0.15, 0.2) is 93.6 Å². The minimum absolute atomic E-state index is 0.0456. The van der Waals surface area contributed by atoms with Crippen LogP contribution < -0.4 is 37.1 Å². The van der Waals surface area contributed by atoms with E-state index in [1.807, 2.05) is 0 Å². The number of pyridine rings is 1. The Kier molecular flexibility index (Phi) is 22.7. The first kappa shape index (κ1) is 72.1. The van der Waals surface area contributed by atoms with Gasteiger partial charge in [0, 0.05) is 75.2 Å². The number of nitrogens with two attached hydrogens (primary N) is 1. The molecule has 102 heavy (non-hydrogen) atoms. The lowest BCUT2D eigenvalue weighted by Crippen LogP contribution is -2.50. The molecule has 9 aromatic rings. The molecule has 11 N–H and O–H groups in total. The van der Waals surface area contributed by atoms with Crippen molar-refractivity contribution in [3.05, 3.63) is 147 Å². The van der Waals surface area contributed by atoms with Gasteiger partial charge in [-0.2, -0.15) is 0 Å². The number of aromatic nitrogens is 7. The summed E-state index contributed by atoms with van der Waals surface area (Å²) < 4.78 is 5.78. The number of nitrogens with one attached hydrogen (secondary N) is 5. The third-order valence-electron chi connectivity index (χ3n) is 17.6. The molecule has 0 spiro atoms. The average molecular weight is 1500 g/mol. The second-order valence-corrected chi connectivity index (χ2v) is 30.3. The summed E-state index contributed by atoms with van der Waals surface area (Å²) in [5.41, 5.74) is 8.51. The molecular formula is C68H68N14O14S6. The number of nitrogens with zero attached hydrogens (tertiary/aromatic N) is 8. The Bertz CT molecular complexity index is 4600. The van der Waals surface area contributed by atoms with Crippen LogP contribution >= 0.6 is 68.0 Å². The van der Waals surface area contributed by atoms with E-state index in [0.29, 0.717) is 122 Å². The fraction of sp³-hybridized carbons (Fsp3) is 0.353. The van der Waals surface area contributed by atoms with Gasteiger partial charge in [0.15, 0.2) is 6.61 Å². The molecule has 34 heteroatoms. The van der Waals surface area contributed by atoms with Gasteiger partial charge in [0.1, 0.15) is 93.8 Å². The largest absolute Gasteiger partial charge is 0.484 e. The highest BCUT2D eigenvalue weighted by Gasteiger charge is 2.46. The number of hydrogen-bond acceptors (Lipinski definition) is 25. The molecule has 7 amide bonds. The number of unbranched alkanes of at least 4 members (excludes halogenated alkanes) is 2. The summed E-state index contributed by atoms with van der Waals surface area (Å²) in [7, 11) is 0. The van der Waals surface area contributed by atoms with E-state index in [-0.39, 0.29) is 70.7 Å². The van der Waals surface area contributed by atoms with Gasteiger partial charge in [0.05, 0.1) is 36.2 Å². The van der Waals surface area contributed by atoms with Gasteiger partial charge in [-0.15, -0.1) is 68.0 Å². The highest BCUT2D eigenvalue weighted by Crippen LogP contribution is 2.43. The molecule has 0 radical (unpaired) electrons. The van der Waals surface area contributed by atoms with Crippen LogP contribution in [0.4, 0.5) is 0 Å². The van der Waals surface area contributed by atoms with Crippen molar-refractivity contribution >= 4 is 121 Å². The number of fused-ring (bicyclic) bond motifs is 16. The number of rotatable bonds is 19. The second-order valence-electron chi connectivity index (χ2n) is 24.7. The average Bonchev–Trinajstić information content (AvgIpc) is 1.62. The fourth-order valence-corrected chi connectivity index (χ4v) is 17.4. The normalized spacial score (nSPS) is 20.5. The van der Waals surface area contributed by atoms with E-state index in [1.54, 1.807) is 96.7 Å². The maximum Gasteiger partial charge on any atom is 0.306 e. The molecule has 9 heterocycles. The molecule has 1 aliphatic carbocycles.